The lowest BCUT2D eigenvalue weighted by molar-refractivity contribution is 0.234. The van der Waals surface area contributed by atoms with Crippen molar-refractivity contribution in [1.29, 1.82) is 0 Å². The Bertz CT molecular complexity index is 1260. The van der Waals surface area contributed by atoms with Crippen LogP contribution in [0.5, 0.6) is 0 Å². The molecule has 0 spiro atoms. The first-order valence-electron chi connectivity index (χ1n) is 9.75. The quantitative estimate of drug-likeness (QED) is 0.620. The predicted molar refractivity (Wildman–Crippen MR) is 117 cm³/mol. The molecule has 0 saturated carbocycles. The normalized spacial score (nSPS) is 15.8. The average molecular weight is 469 g/mol. The Hall–Kier alpha value is -2.37. The van der Waals surface area contributed by atoms with E-state index in [1.165, 1.54) is 23.5 Å². The van der Waals surface area contributed by atoms with Gasteiger partial charge in [-0.2, -0.15) is 8.78 Å². The molecule has 0 amide bonds. The van der Waals surface area contributed by atoms with Gasteiger partial charge in [0.2, 0.25) is 9.84 Å². The van der Waals surface area contributed by atoms with Gasteiger partial charge < -0.3 is 9.88 Å². The van der Waals surface area contributed by atoms with Crippen LogP contribution in [0.25, 0.3) is 10.2 Å². The highest BCUT2D eigenvalue weighted by molar-refractivity contribution is 7.91. The Kier molecular flexibility index (Phi) is 5.84. The van der Waals surface area contributed by atoms with Gasteiger partial charge in [-0.15, -0.1) is 11.3 Å². The predicted octanol–water partition coefficient (Wildman–Crippen LogP) is 2.92. The maximum atomic E-state index is 12.7. The summed E-state index contributed by atoms with van der Waals surface area (Å²) in [5, 5.41) is 0.661. The molecule has 1 N–H and O–H groups in total. The smallest absolute Gasteiger partial charge is 0.341 e. The van der Waals surface area contributed by atoms with Crippen molar-refractivity contribution in [3.05, 3.63) is 50.9 Å². The van der Waals surface area contributed by atoms with E-state index in [-0.39, 0.29) is 10.5 Å². The average Bonchev–Trinajstić information content (AvgIpc) is 3.02. The summed E-state index contributed by atoms with van der Waals surface area (Å²) in [5.74, 6) is -2.79. The minimum atomic E-state index is -4.58. The molecule has 0 aliphatic carbocycles. The Morgan fingerprint density at radius 1 is 1.13 bits per heavy atom. The van der Waals surface area contributed by atoms with Crippen LogP contribution in [0.1, 0.15) is 16.3 Å². The van der Waals surface area contributed by atoms with E-state index >= 15 is 0 Å². The molecule has 31 heavy (non-hydrogen) atoms. The first kappa shape index (κ1) is 21.8. The van der Waals surface area contributed by atoms with Crippen molar-refractivity contribution in [2.45, 2.75) is 31.0 Å². The Balaban J connectivity index is 1.41. The van der Waals surface area contributed by atoms with Gasteiger partial charge in [0, 0.05) is 36.7 Å². The molecule has 1 aromatic carbocycles. The topological polar surface area (TPSA) is 86.4 Å². The van der Waals surface area contributed by atoms with Crippen molar-refractivity contribution in [3.8, 4) is 0 Å². The lowest BCUT2D eigenvalue weighted by Crippen LogP contribution is -2.46. The van der Waals surface area contributed by atoms with Crippen LogP contribution in [0, 0.1) is 13.8 Å². The van der Waals surface area contributed by atoms with Gasteiger partial charge in [-0.25, -0.2) is 13.4 Å². The van der Waals surface area contributed by atoms with E-state index in [4.69, 9.17) is 0 Å². The van der Waals surface area contributed by atoms with Gasteiger partial charge in [0.25, 0.3) is 5.56 Å². The first-order chi connectivity index (χ1) is 14.7. The molecule has 1 fully saturated rings. The molecule has 1 aliphatic rings. The number of nitrogens with zero attached hydrogens (tertiary/aromatic N) is 3. The van der Waals surface area contributed by atoms with Gasteiger partial charge in [-0.3, -0.25) is 9.69 Å². The molecule has 4 rings (SSSR count). The lowest BCUT2D eigenvalue weighted by atomic mass is 10.2. The molecule has 7 nitrogen and oxygen atoms in total. The minimum Gasteiger partial charge on any atom is -0.369 e. The van der Waals surface area contributed by atoms with Gasteiger partial charge in [0.05, 0.1) is 16.8 Å². The molecule has 0 unspecified atom stereocenters. The fourth-order valence-corrected chi connectivity index (χ4v) is 5.47. The molecule has 3 heterocycles. The number of thiophene rings is 1. The summed E-state index contributed by atoms with van der Waals surface area (Å²) in [5.41, 5.74) is 1.64. The molecule has 2 aromatic heterocycles. The minimum absolute atomic E-state index is 0.112. The third kappa shape index (κ3) is 4.21. The number of fused-ring (bicyclic) bond motifs is 1. The van der Waals surface area contributed by atoms with Crippen LogP contribution >= 0.6 is 11.3 Å². The summed E-state index contributed by atoms with van der Waals surface area (Å²) in [6.45, 7) is 7.26. The number of rotatable bonds is 5. The van der Waals surface area contributed by atoms with Crippen molar-refractivity contribution in [1.82, 2.24) is 14.9 Å². The van der Waals surface area contributed by atoms with Crippen molar-refractivity contribution in [2.24, 2.45) is 0 Å². The zero-order valence-corrected chi connectivity index (χ0v) is 18.7. The molecule has 0 radical (unpaired) electrons. The number of nitrogens with one attached hydrogen (secondary N) is 1. The van der Waals surface area contributed by atoms with Gasteiger partial charge in [-0.1, -0.05) is 0 Å². The Morgan fingerprint density at radius 3 is 2.39 bits per heavy atom. The van der Waals surface area contributed by atoms with Crippen LogP contribution < -0.4 is 10.5 Å². The van der Waals surface area contributed by atoms with Gasteiger partial charge in [0.15, 0.2) is 0 Å². The van der Waals surface area contributed by atoms with Gasteiger partial charge in [-0.05, 0) is 43.7 Å². The van der Waals surface area contributed by atoms with E-state index in [0.29, 0.717) is 30.8 Å². The molecule has 3 aromatic rings. The number of halogens is 2. The zero-order chi connectivity index (χ0) is 22.3. The van der Waals surface area contributed by atoms with Gasteiger partial charge in [0.1, 0.15) is 10.7 Å². The third-order valence-electron chi connectivity index (χ3n) is 5.60. The number of benzene rings is 1. The molecule has 0 bridgehead atoms. The van der Waals surface area contributed by atoms with E-state index in [1.807, 2.05) is 13.8 Å². The summed E-state index contributed by atoms with van der Waals surface area (Å²) in [6, 6.07) is 5.55. The standard InChI is InChI=1S/C20H22F2N4O3S2/c1-12-13(2)30-19-17(12)18(27)23-16(24-19)11-25-7-9-26(10-8-25)14-3-5-15(6-4-14)31(28,29)20(21)22/h3-6,20H,7-11H2,1-2H3,(H,23,24,27). The summed E-state index contributed by atoms with van der Waals surface area (Å²) in [7, 11) is -4.58. The highest BCUT2D eigenvalue weighted by atomic mass is 32.2. The lowest BCUT2D eigenvalue weighted by Gasteiger charge is -2.35. The number of hydrogen-bond acceptors (Lipinski definition) is 7. The van der Waals surface area contributed by atoms with Crippen molar-refractivity contribution >= 4 is 37.1 Å². The number of alkyl halides is 2. The van der Waals surface area contributed by atoms with Crippen LogP contribution in [0.3, 0.4) is 0 Å². The van der Waals surface area contributed by atoms with Crippen LogP contribution in [0.15, 0.2) is 34.0 Å². The largest absolute Gasteiger partial charge is 0.369 e. The third-order valence-corrected chi connectivity index (χ3v) is 8.10. The summed E-state index contributed by atoms with van der Waals surface area (Å²) in [4.78, 5) is 25.7. The number of aryl methyl sites for hydroxylation is 2. The number of sulfone groups is 1. The molecular formula is C20H22F2N4O3S2. The summed E-state index contributed by atoms with van der Waals surface area (Å²) >= 11 is 1.52. The number of piperazine rings is 1. The Morgan fingerprint density at radius 2 is 1.77 bits per heavy atom. The molecular weight excluding hydrogens is 446 g/mol. The highest BCUT2D eigenvalue weighted by Gasteiger charge is 2.27. The molecule has 166 valence electrons. The fourth-order valence-electron chi connectivity index (χ4n) is 3.70. The second-order valence-electron chi connectivity index (χ2n) is 7.54. The van der Waals surface area contributed by atoms with E-state index in [2.05, 4.69) is 19.8 Å². The molecule has 1 aliphatic heterocycles. The molecule has 0 atom stereocenters. The summed E-state index contributed by atoms with van der Waals surface area (Å²) in [6.07, 6.45) is 0. The number of aromatic amines is 1. The number of hydrogen-bond donors (Lipinski definition) is 1. The van der Waals surface area contributed by atoms with Crippen molar-refractivity contribution in [2.75, 3.05) is 31.1 Å². The Labute approximate surface area is 182 Å². The fraction of sp³-hybridized carbons (Fsp3) is 0.400. The van der Waals surface area contributed by atoms with E-state index in [1.54, 1.807) is 12.1 Å². The van der Waals surface area contributed by atoms with Gasteiger partial charge >= 0.3 is 5.76 Å². The molecule has 1 saturated heterocycles. The SMILES string of the molecule is Cc1sc2nc(CN3CCN(c4ccc(S(=O)(=O)C(F)F)cc4)CC3)[nH]c(=O)c2c1C. The second kappa shape index (κ2) is 8.29. The van der Waals surface area contributed by atoms with Crippen LogP contribution in [0.2, 0.25) is 0 Å². The maximum Gasteiger partial charge on any atom is 0.341 e. The maximum absolute atomic E-state index is 12.7. The summed E-state index contributed by atoms with van der Waals surface area (Å²) < 4.78 is 48.5. The van der Waals surface area contributed by atoms with Crippen LogP contribution in [0.4, 0.5) is 14.5 Å². The first-order valence-corrected chi connectivity index (χ1v) is 12.1. The van der Waals surface area contributed by atoms with Crippen molar-refractivity contribution in [3.63, 3.8) is 0 Å². The highest BCUT2D eigenvalue weighted by Crippen LogP contribution is 2.26. The van der Waals surface area contributed by atoms with Crippen LogP contribution in [-0.4, -0.2) is 55.2 Å². The van der Waals surface area contributed by atoms with E-state index in [9.17, 15) is 22.0 Å². The van der Waals surface area contributed by atoms with Crippen molar-refractivity contribution < 1.29 is 17.2 Å². The molecule has 11 heteroatoms. The van der Waals surface area contributed by atoms with Crippen LogP contribution in [-0.2, 0) is 16.4 Å². The van der Waals surface area contributed by atoms with E-state index in [0.717, 1.165) is 34.0 Å². The van der Waals surface area contributed by atoms with E-state index < -0.39 is 15.6 Å². The zero-order valence-electron chi connectivity index (χ0n) is 17.1. The monoisotopic (exact) mass is 468 g/mol. The second-order valence-corrected chi connectivity index (χ2v) is 10.7. The number of H-pyrrole nitrogens is 1. The number of anilines is 1. The number of aromatic nitrogens is 2.